The van der Waals surface area contributed by atoms with Gasteiger partial charge in [-0.15, -0.1) is 0 Å². The molecule has 1 aliphatic heterocycles. The molecule has 1 aliphatic rings. The van der Waals surface area contributed by atoms with Crippen LogP contribution in [0.3, 0.4) is 0 Å². The van der Waals surface area contributed by atoms with Crippen LogP contribution in [-0.4, -0.2) is 39.3 Å². The monoisotopic (exact) mass is 327 g/mol. The van der Waals surface area contributed by atoms with Gasteiger partial charge in [0.05, 0.1) is 20.3 Å². The van der Waals surface area contributed by atoms with Crippen LogP contribution >= 0.6 is 0 Å². The summed E-state index contributed by atoms with van der Waals surface area (Å²) >= 11 is 0. The highest BCUT2D eigenvalue weighted by Gasteiger charge is 2.14. The summed E-state index contributed by atoms with van der Waals surface area (Å²) in [5, 5.41) is 2.89. The number of ether oxygens (including phenoxy) is 2. The van der Waals surface area contributed by atoms with Gasteiger partial charge in [-0.3, -0.25) is 4.79 Å². The number of carbonyl (C=O) groups is 1. The Kier molecular flexibility index (Phi) is 5.46. The zero-order valence-corrected chi connectivity index (χ0v) is 13.9. The third kappa shape index (κ3) is 4.34. The highest BCUT2D eigenvalue weighted by Crippen LogP contribution is 2.17. The number of morpholine rings is 1. The number of carbonyl (C=O) groups excluding carboxylic acids is 1. The second-order valence-electron chi connectivity index (χ2n) is 5.92. The molecule has 1 amide bonds. The van der Waals surface area contributed by atoms with Gasteiger partial charge < -0.3 is 19.7 Å². The lowest BCUT2D eigenvalue weighted by Crippen LogP contribution is -3.12. The smallest absolute Gasteiger partial charge is 0.255 e. The first-order valence-electron chi connectivity index (χ1n) is 8.20. The number of nitrogens with one attached hydrogen (secondary N) is 2. The van der Waals surface area contributed by atoms with Crippen molar-refractivity contribution in [2.24, 2.45) is 0 Å². The van der Waals surface area contributed by atoms with Crippen LogP contribution in [0.1, 0.15) is 15.9 Å². The van der Waals surface area contributed by atoms with Gasteiger partial charge in [0.25, 0.3) is 5.91 Å². The molecule has 0 aliphatic carbocycles. The molecular weight excluding hydrogens is 304 g/mol. The fraction of sp³-hybridized carbons (Fsp3) is 0.316. The van der Waals surface area contributed by atoms with Crippen molar-refractivity contribution in [1.82, 2.24) is 0 Å². The summed E-state index contributed by atoms with van der Waals surface area (Å²) < 4.78 is 10.5. The van der Waals surface area contributed by atoms with E-state index < -0.39 is 0 Å². The Morgan fingerprint density at radius 1 is 1.17 bits per heavy atom. The molecule has 1 heterocycles. The average Bonchev–Trinajstić information content (AvgIpc) is 2.63. The Bertz CT molecular complexity index is 679. The van der Waals surface area contributed by atoms with Crippen LogP contribution in [0, 0.1) is 0 Å². The summed E-state index contributed by atoms with van der Waals surface area (Å²) in [6.07, 6.45) is 0. The van der Waals surface area contributed by atoms with E-state index in [1.807, 2.05) is 42.5 Å². The lowest BCUT2D eigenvalue weighted by atomic mass is 10.1. The van der Waals surface area contributed by atoms with E-state index in [1.54, 1.807) is 13.2 Å². The van der Waals surface area contributed by atoms with Gasteiger partial charge in [0, 0.05) is 22.9 Å². The van der Waals surface area contributed by atoms with Gasteiger partial charge in [0.1, 0.15) is 25.4 Å². The van der Waals surface area contributed by atoms with E-state index in [2.05, 4.69) is 5.32 Å². The van der Waals surface area contributed by atoms with Crippen LogP contribution in [0.25, 0.3) is 0 Å². The molecule has 126 valence electrons. The van der Waals surface area contributed by atoms with Crippen molar-refractivity contribution >= 4 is 11.6 Å². The Labute approximate surface area is 142 Å². The molecule has 0 saturated carbocycles. The van der Waals surface area contributed by atoms with Gasteiger partial charge in [-0.25, -0.2) is 0 Å². The lowest BCUT2D eigenvalue weighted by Gasteiger charge is -2.23. The maximum atomic E-state index is 12.3. The molecule has 0 atom stereocenters. The molecule has 2 N–H and O–H groups in total. The van der Waals surface area contributed by atoms with Crippen LogP contribution in [0.15, 0.2) is 48.5 Å². The van der Waals surface area contributed by atoms with E-state index >= 15 is 0 Å². The number of methoxy groups -OCH3 is 1. The molecule has 3 rings (SSSR count). The minimum Gasteiger partial charge on any atom is -0.497 e. The summed E-state index contributed by atoms with van der Waals surface area (Å²) in [6.45, 7) is 4.71. The fourth-order valence-corrected chi connectivity index (χ4v) is 2.80. The lowest BCUT2D eigenvalue weighted by molar-refractivity contribution is -0.921. The van der Waals surface area contributed by atoms with Crippen molar-refractivity contribution in [2.75, 3.05) is 38.7 Å². The summed E-state index contributed by atoms with van der Waals surface area (Å²) in [7, 11) is 1.61. The SMILES string of the molecule is COc1cccc(NC(=O)c2ccc(C[NH+]3CCOCC3)cc2)c1. The topological polar surface area (TPSA) is 52.0 Å². The number of hydrogen-bond acceptors (Lipinski definition) is 3. The normalized spacial score (nSPS) is 15.0. The van der Waals surface area contributed by atoms with E-state index in [9.17, 15) is 4.79 Å². The Balaban J connectivity index is 1.60. The zero-order chi connectivity index (χ0) is 16.8. The molecule has 0 unspecified atom stereocenters. The maximum absolute atomic E-state index is 12.3. The van der Waals surface area contributed by atoms with Crippen molar-refractivity contribution in [1.29, 1.82) is 0 Å². The van der Waals surface area contributed by atoms with E-state index in [1.165, 1.54) is 10.5 Å². The Morgan fingerprint density at radius 3 is 2.62 bits per heavy atom. The van der Waals surface area contributed by atoms with Crippen molar-refractivity contribution < 1.29 is 19.2 Å². The molecule has 1 fully saturated rings. The minimum absolute atomic E-state index is 0.117. The molecule has 2 aromatic rings. The first kappa shape index (κ1) is 16.5. The van der Waals surface area contributed by atoms with Crippen molar-refractivity contribution in [3.63, 3.8) is 0 Å². The summed E-state index contributed by atoms with van der Waals surface area (Å²) in [4.78, 5) is 13.9. The van der Waals surface area contributed by atoms with Crippen LogP contribution in [0.2, 0.25) is 0 Å². The molecule has 2 aromatic carbocycles. The third-order valence-electron chi connectivity index (χ3n) is 4.20. The quantitative estimate of drug-likeness (QED) is 0.872. The predicted octanol–water partition coefficient (Wildman–Crippen LogP) is 1.36. The summed E-state index contributed by atoms with van der Waals surface area (Å²) in [5.74, 6) is 0.602. The molecule has 24 heavy (non-hydrogen) atoms. The van der Waals surface area contributed by atoms with Crippen LogP contribution in [0.5, 0.6) is 5.75 Å². The van der Waals surface area contributed by atoms with E-state index in [-0.39, 0.29) is 5.91 Å². The van der Waals surface area contributed by atoms with Gasteiger partial charge >= 0.3 is 0 Å². The molecule has 0 bridgehead atoms. The standard InChI is InChI=1S/C19H22N2O3/c1-23-18-4-2-3-17(13-18)20-19(22)16-7-5-15(6-8-16)14-21-9-11-24-12-10-21/h2-8,13H,9-12,14H2,1H3,(H,20,22)/p+1. The van der Waals surface area contributed by atoms with Crippen LogP contribution in [-0.2, 0) is 11.3 Å². The van der Waals surface area contributed by atoms with Crippen molar-refractivity contribution in [3.05, 3.63) is 59.7 Å². The maximum Gasteiger partial charge on any atom is 0.255 e. The fourth-order valence-electron chi connectivity index (χ4n) is 2.80. The number of hydrogen-bond donors (Lipinski definition) is 2. The highest BCUT2D eigenvalue weighted by molar-refractivity contribution is 6.04. The van der Waals surface area contributed by atoms with Gasteiger partial charge in [0.2, 0.25) is 0 Å². The van der Waals surface area contributed by atoms with Crippen molar-refractivity contribution in [3.8, 4) is 5.75 Å². The van der Waals surface area contributed by atoms with Crippen LogP contribution < -0.4 is 15.0 Å². The van der Waals surface area contributed by atoms with Gasteiger partial charge in [-0.05, 0) is 24.3 Å². The first-order chi connectivity index (χ1) is 11.7. The molecule has 0 spiro atoms. The van der Waals surface area contributed by atoms with E-state index in [0.29, 0.717) is 5.56 Å². The van der Waals surface area contributed by atoms with E-state index in [4.69, 9.17) is 9.47 Å². The largest absolute Gasteiger partial charge is 0.497 e. The molecular formula is C19H23N2O3+. The Hall–Kier alpha value is -2.37. The average molecular weight is 327 g/mol. The predicted molar refractivity (Wildman–Crippen MR) is 92.6 cm³/mol. The van der Waals surface area contributed by atoms with Crippen molar-refractivity contribution in [2.45, 2.75) is 6.54 Å². The number of amides is 1. The van der Waals surface area contributed by atoms with Gasteiger partial charge in [-0.1, -0.05) is 18.2 Å². The molecule has 0 aromatic heterocycles. The second-order valence-corrected chi connectivity index (χ2v) is 5.92. The Morgan fingerprint density at radius 2 is 1.92 bits per heavy atom. The number of rotatable bonds is 5. The summed E-state index contributed by atoms with van der Waals surface area (Å²) in [5.41, 5.74) is 2.62. The van der Waals surface area contributed by atoms with Crippen LogP contribution in [0.4, 0.5) is 5.69 Å². The third-order valence-corrected chi connectivity index (χ3v) is 4.20. The highest BCUT2D eigenvalue weighted by atomic mass is 16.5. The zero-order valence-electron chi connectivity index (χ0n) is 13.9. The number of anilines is 1. The molecule has 5 heteroatoms. The number of benzene rings is 2. The molecule has 5 nitrogen and oxygen atoms in total. The number of quaternary nitrogens is 1. The first-order valence-corrected chi connectivity index (χ1v) is 8.20. The van der Waals surface area contributed by atoms with Gasteiger partial charge in [0.15, 0.2) is 0 Å². The molecule has 0 radical (unpaired) electrons. The van der Waals surface area contributed by atoms with E-state index in [0.717, 1.165) is 44.3 Å². The summed E-state index contributed by atoms with van der Waals surface area (Å²) in [6, 6.07) is 15.2. The van der Waals surface area contributed by atoms with Gasteiger partial charge in [-0.2, -0.15) is 0 Å². The second kappa shape index (κ2) is 7.95. The molecule has 1 saturated heterocycles. The minimum atomic E-state index is -0.117.